The fourth-order valence-electron chi connectivity index (χ4n) is 3.18. The predicted octanol–water partition coefficient (Wildman–Crippen LogP) is 2.94. The molecule has 0 fully saturated rings. The Hall–Kier alpha value is -3.20. The average molecular weight is 429 g/mol. The number of benzene rings is 2. The van der Waals surface area contributed by atoms with E-state index in [0.29, 0.717) is 17.9 Å². The van der Waals surface area contributed by atoms with E-state index in [4.69, 9.17) is 4.52 Å². The highest BCUT2D eigenvalue weighted by molar-refractivity contribution is 7.92. The van der Waals surface area contributed by atoms with Gasteiger partial charge in [0.25, 0.3) is 0 Å². The van der Waals surface area contributed by atoms with Gasteiger partial charge in [0.05, 0.1) is 18.5 Å². The summed E-state index contributed by atoms with van der Waals surface area (Å²) in [4.78, 5) is 18.9. The maximum atomic E-state index is 13.1. The summed E-state index contributed by atoms with van der Waals surface area (Å²) < 4.78 is 31.4. The lowest BCUT2D eigenvalue weighted by Gasteiger charge is -2.32. The van der Waals surface area contributed by atoms with E-state index in [1.807, 2.05) is 30.3 Å². The minimum Gasteiger partial charge on any atom is -0.337 e. The summed E-state index contributed by atoms with van der Waals surface area (Å²) in [5, 5.41) is 3.96. The van der Waals surface area contributed by atoms with Crippen LogP contribution in [0.15, 0.2) is 65.2 Å². The molecule has 9 heteroatoms. The van der Waals surface area contributed by atoms with Crippen LogP contribution in [0.2, 0.25) is 0 Å². The molecular formula is C21H24N4O4S. The Labute approximate surface area is 176 Å². The van der Waals surface area contributed by atoms with E-state index >= 15 is 0 Å². The Morgan fingerprint density at radius 2 is 1.67 bits per heavy atom. The Bertz CT molecular complexity index is 1080. The van der Waals surface area contributed by atoms with Gasteiger partial charge < -0.3 is 9.42 Å². The quantitative estimate of drug-likeness (QED) is 0.547. The van der Waals surface area contributed by atoms with Crippen LogP contribution in [0, 0.1) is 0 Å². The normalized spacial score (nSPS) is 12.4. The van der Waals surface area contributed by atoms with E-state index in [1.165, 1.54) is 4.90 Å². The van der Waals surface area contributed by atoms with Crippen molar-refractivity contribution in [1.29, 1.82) is 0 Å². The molecule has 0 saturated heterocycles. The van der Waals surface area contributed by atoms with Gasteiger partial charge in [-0.3, -0.25) is 9.10 Å². The van der Waals surface area contributed by atoms with Crippen LogP contribution in [-0.4, -0.2) is 48.7 Å². The number of carbonyl (C=O) groups excluding carboxylic acids is 1. The third-order valence-corrected chi connectivity index (χ3v) is 5.75. The highest BCUT2D eigenvalue weighted by atomic mass is 32.2. The van der Waals surface area contributed by atoms with Crippen LogP contribution in [-0.2, 0) is 21.4 Å². The summed E-state index contributed by atoms with van der Waals surface area (Å²) >= 11 is 0. The second kappa shape index (κ2) is 9.08. The molecule has 1 heterocycles. The van der Waals surface area contributed by atoms with Gasteiger partial charge in [-0.05, 0) is 18.6 Å². The summed E-state index contributed by atoms with van der Waals surface area (Å²) in [6.07, 6.45) is 1.41. The number of likely N-dealkylation sites (N-methyl/N-ethyl adjacent to an activating group) is 1. The fourth-order valence-corrected chi connectivity index (χ4v) is 4.38. The van der Waals surface area contributed by atoms with Crippen molar-refractivity contribution in [2.24, 2.45) is 0 Å². The first kappa shape index (κ1) is 21.5. The van der Waals surface area contributed by atoms with Crippen LogP contribution in [0.25, 0.3) is 11.4 Å². The zero-order valence-corrected chi connectivity index (χ0v) is 17.9. The fraction of sp³-hybridized carbons (Fsp3) is 0.286. The monoisotopic (exact) mass is 428 g/mol. The second-order valence-corrected chi connectivity index (χ2v) is 8.75. The molecule has 0 bridgehead atoms. The van der Waals surface area contributed by atoms with Crippen molar-refractivity contribution in [2.75, 3.05) is 17.6 Å². The molecule has 0 saturated carbocycles. The molecule has 1 amide bonds. The van der Waals surface area contributed by atoms with Gasteiger partial charge in [0.15, 0.2) is 0 Å². The lowest BCUT2D eigenvalue weighted by molar-refractivity contribution is -0.132. The van der Waals surface area contributed by atoms with Crippen LogP contribution in [0.1, 0.15) is 19.2 Å². The lowest BCUT2D eigenvalue weighted by atomic mass is 10.1. The molecular weight excluding hydrogens is 404 g/mol. The number of hydrogen-bond donors (Lipinski definition) is 0. The Morgan fingerprint density at radius 1 is 1.07 bits per heavy atom. The second-order valence-electron chi connectivity index (χ2n) is 6.89. The van der Waals surface area contributed by atoms with Gasteiger partial charge in [-0.15, -0.1) is 0 Å². The van der Waals surface area contributed by atoms with Crippen LogP contribution in [0.4, 0.5) is 5.69 Å². The summed E-state index contributed by atoms with van der Waals surface area (Å²) in [7, 11) is -2.09. The number of sulfonamides is 1. The highest BCUT2D eigenvalue weighted by Gasteiger charge is 2.33. The molecule has 0 spiro atoms. The highest BCUT2D eigenvalue weighted by Crippen LogP contribution is 2.23. The van der Waals surface area contributed by atoms with Crippen LogP contribution >= 0.6 is 0 Å². The van der Waals surface area contributed by atoms with Gasteiger partial charge in [0.2, 0.25) is 27.6 Å². The number of para-hydroxylation sites is 1. The molecule has 3 aromatic rings. The molecule has 1 atom stereocenters. The summed E-state index contributed by atoms with van der Waals surface area (Å²) in [6.45, 7) is 1.85. The number of hydrogen-bond acceptors (Lipinski definition) is 6. The van der Waals surface area contributed by atoms with Gasteiger partial charge in [-0.1, -0.05) is 60.6 Å². The number of carbonyl (C=O) groups is 1. The zero-order valence-electron chi connectivity index (χ0n) is 17.1. The molecule has 2 aromatic carbocycles. The zero-order chi connectivity index (χ0) is 21.7. The minimum atomic E-state index is -3.68. The first-order chi connectivity index (χ1) is 14.3. The summed E-state index contributed by atoms with van der Waals surface area (Å²) in [5.41, 5.74) is 1.25. The van der Waals surface area contributed by atoms with Gasteiger partial charge in [0.1, 0.15) is 6.04 Å². The maximum Gasteiger partial charge on any atom is 0.246 e. The van der Waals surface area contributed by atoms with E-state index < -0.39 is 16.1 Å². The number of nitrogens with zero attached hydrogens (tertiary/aromatic N) is 4. The standard InChI is InChI=1S/C21H24N4O4S/c1-4-18(25(30(3,27)28)17-13-9-6-10-14-17)21(26)24(2)15-19-22-20(23-29-19)16-11-7-5-8-12-16/h5-14,18H,4,15H2,1-3H3/t18-/m1/s1. The van der Waals surface area contributed by atoms with E-state index in [9.17, 15) is 13.2 Å². The predicted molar refractivity (Wildman–Crippen MR) is 114 cm³/mol. The average Bonchev–Trinajstić information content (AvgIpc) is 3.20. The third-order valence-electron chi connectivity index (χ3n) is 4.57. The first-order valence-electron chi connectivity index (χ1n) is 9.48. The Morgan fingerprint density at radius 3 is 2.23 bits per heavy atom. The molecule has 30 heavy (non-hydrogen) atoms. The van der Waals surface area contributed by atoms with Gasteiger partial charge in [-0.2, -0.15) is 4.98 Å². The van der Waals surface area contributed by atoms with Crippen molar-refractivity contribution >= 4 is 21.6 Å². The molecule has 158 valence electrons. The van der Waals surface area contributed by atoms with Crippen LogP contribution in [0.3, 0.4) is 0 Å². The van der Waals surface area contributed by atoms with Crippen molar-refractivity contribution < 1.29 is 17.7 Å². The summed E-state index contributed by atoms with van der Waals surface area (Å²) in [5.74, 6) is 0.344. The first-order valence-corrected chi connectivity index (χ1v) is 11.3. The molecule has 0 aliphatic rings. The lowest BCUT2D eigenvalue weighted by Crippen LogP contribution is -2.49. The summed E-state index contributed by atoms with van der Waals surface area (Å²) in [6, 6.07) is 17.1. The van der Waals surface area contributed by atoms with Crippen molar-refractivity contribution in [1.82, 2.24) is 15.0 Å². The SMILES string of the molecule is CC[C@H](C(=O)N(C)Cc1nc(-c2ccccc2)no1)N(c1ccccc1)S(C)(=O)=O. The number of amides is 1. The number of aromatic nitrogens is 2. The molecule has 0 aliphatic heterocycles. The van der Waals surface area contributed by atoms with Gasteiger partial charge in [0, 0.05) is 12.6 Å². The molecule has 1 aromatic heterocycles. The largest absolute Gasteiger partial charge is 0.337 e. The van der Waals surface area contributed by atoms with Crippen molar-refractivity contribution in [3.05, 3.63) is 66.6 Å². The Kier molecular flexibility index (Phi) is 6.51. The number of rotatable bonds is 8. The van der Waals surface area contributed by atoms with E-state index in [1.54, 1.807) is 44.3 Å². The molecule has 0 radical (unpaired) electrons. The van der Waals surface area contributed by atoms with Crippen molar-refractivity contribution in [3.63, 3.8) is 0 Å². The van der Waals surface area contributed by atoms with E-state index in [2.05, 4.69) is 10.1 Å². The minimum absolute atomic E-state index is 0.0710. The van der Waals surface area contributed by atoms with Crippen LogP contribution in [0.5, 0.6) is 0 Å². The third kappa shape index (κ3) is 4.85. The maximum absolute atomic E-state index is 13.1. The Balaban J connectivity index is 1.80. The molecule has 3 rings (SSSR count). The van der Waals surface area contributed by atoms with Crippen LogP contribution < -0.4 is 4.31 Å². The molecule has 0 N–H and O–H groups in total. The molecule has 0 unspecified atom stereocenters. The van der Waals surface area contributed by atoms with Crippen molar-refractivity contribution in [2.45, 2.75) is 25.9 Å². The van der Waals surface area contributed by atoms with Gasteiger partial charge >= 0.3 is 0 Å². The van der Waals surface area contributed by atoms with E-state index in [-0.39, 0.29) is 18.3 Å². The topological polar surface area (TPSA) is 96.6 Å². The smallest absolute Gasteiger partial charge is 0.246 e. The van der Waals surface area contributed by atoms with Crippen molar-refractivity contribution in [3.8, 4) is 11.4 Å². The molecule has 0 aliphatic carbocycles. The van der Waals surface area contributed by atoms with Gasteiger partial charge in [-0.25, -0.2) is 8.42 Å². The van der Waals surface area contributed by atoms with E-state index in [0.717, 1.165) is 16.1 Å². The number of anilines is 1. The molecule has 8 nitrogen and oxygen atoms in total.